The smallest absolute Gasteiger partial charge is 0.321 e. The Kier molecular flexibility index (Phi) is 4.46. The van der Waals surface area contributed by atoms with Crippen LogP contribution >= 0.6 is 11.8 Å². The van der Waals surface area contributed by atoms with E-state index in [-0.39, 0.29) is 12.0 Å². The number of rotatable bonds is 3. The maximum atomic E-state index is 11.2. The Morgan fingerprint density at radius 2 is 1.80 bits per heavy atom. The number of nitrogens with zero attached hydrogens (tertiary/aromatic N) is 1. The van der Waals surface area contributed by atoms with Crippen LogP contribution in [0.3, 0.4) is 0 Å². The van der Waals surface area contributed by atoms with Crippen molar-refractivity contribution in [2.45, 2.75) is 44.2 Å². The fraction of sp³-hybridized carbons (Fsp3) is 0.909. The first-order valence-corrected chi connectivity index (χ1v) is 6.48. The van der Waals surface area contributed by atoms with E-state index in [1.165, 1.54) is 0 Å². The Morgan fingerprint density at radius 3 is 2.13 bits per heavy atom. The Morgan fingerprint density at radius 1 is 1.33 bits per heavy atom. The summed E-state index contributed by atoms with van der Waals surface area (Å²) in [5, 5.41) is 10.3. The maximum Gasteiger partial charge on any atom is 0.321 e. The van der Waals surface area contributed by atoms with E-state index in [2.05, 4.69) is 18.7 Å². The van der Waals surface area contributed by atoms with Gasteiger partial charge in [0.25, 0.3) is 0 Å². The lowest BCUT2D eigenvalue weighted by atomic mass is 10.0. The first kappa shape index (κ1) is 12.8. The van der Waals surface area contributed by atoms with E-state index in [1.54, 1.807) is 0 Å². The van der Waals surface area contributed by atoms with Crippen LogP contribution in [0.25, 0.3) is 0 Å². The molecular weight excluding hydrogens is 210 g/mol. The van der Waals surface area contributed by atoms with Gasteiger partial charge in [-0.1, -0.05) is 27.7 Å². The summed E-state index contributed by atoms with van der Waals surface area (Å²) < 4.78 is 0. The van der Waals surface area contributed by atoms with E-state index in [0.717, 1.165) is 13.1 Å². The van der Waals surface area contributed by atoms with Gasteiger partial charge in [-0.05, 0) is 5.92 Å². The number of carboxylic acids is 1. The molecule has 4 heteroatoms. The summed E-state index contributed by atoms with van der Waals surface area (Å²) in [4.78, 5) is 13.3. The van der Waals surface area contributed by atoms with E-state index in [4.69, 9.17) is 0 Å². The molecule has 0 aliphatic carbocycles. The van der Waals surface area contributed by atoms with Gasteiger partial charge in [0.2, 0.25) is 0 Å². The Balaban J connectivity index is 2.70. The van der Waals surface area contributed by atoms with Crippen LogP contribution in [0.15, 0.2) is 0 Å². The van der Waals surface area contributed by atoms with Crippen molar-refractivity contribution < 1.29 is 9.90 Å². The van der Waals surface area contributed by atoms with Crippen LogP contribution in [0.5, 0.6) is 0 Å². The SMILES string of the molecule is CC1CN(C(C(=O)O)C(C)C)CC(C)S1. The second-order valence-corrected chi connectivity index (χ2v) is 6.62. The molecule has 0 aromatic heterocycles. The second-order valence-electron chi connectivity index (χ2n) is 4.74. The predicted octanol–water partition coefficient (Wildman–Crippen LogP) is 1.92. The van der Waals surface area contributed by atoms with E-state index in [0.29, 0.717) is 10.5 Å². The van der Waals surface area contributed by atoms with Gasteiger partial charge in [0.05, 0.1) is 0 Å². The highest BCUT2D eigenvalue weighted by Crippen LogP contribution is 2.27. The summed E-state index contributed by atoms with van der Waals surface area (Å²) in [5.74, 6) is -0.513. The van der Waals surface area contributed by atoms with Gasteiger partial charge >= 0.3 is 5.97 Å². The maximum absolute atomic E-state index is 11.2. The molecule has 1 N–H and O–H groups in total. The third-order valence-corrected chi connectivity index (χ3v) is 3.95. The normalized spacial score (nSPS) is 30.5. The number of carboxylic acid groups (broad SMARTS) is 1. The number of thioether (sulfide) groups is 1. The van der Waals surface area contributed by atoms with Gasteiger partial charge in [-0.3, -0.25) is 9.69 Å². The number of hydrogen-bond acceptors (Lipinski definition) is 3. The van der Waals surface area contributed by atoms with Crippen molar-refractivity contribution in [3.05, 3.63) is 0 Å². The quantitative estimate of drug-likeness (QED) is 0.805. The van der Waals surface area contributed by atoms with Crippen LogP contribution < -0.4 is 0 Å². The summed E-state index contributed by atoms with van der Waals surface area (Å²) in [7, 11) is 0. The Labute approximate surface area is 96.2 Å². The zero-order valence-electron chi connectivity index (χ0n) is 9.93. The molecule has 1 aliphatic rings. The van der Waals surface area contributed by atoms with Gasteiger partial charge < -0.3 is 5.11 Å². The first-order valence-electron chi connectivity index (χ1n) is 5.54. The molecule has 88 valence electrons. The van der Waals surface area contributed by atoms with Crippen LogP contribution in [0.4, 0.5) is 0 Å². The molecule has 1 heterocycles. The largest absolute Gasteiger partial charge is 0.480 e. The van der Waals surface area contributed by atoms with Crippen molar-refractivity contribution >= 4 is 17.7 Å². The van der Waals surface area contributed by atoms with Crippen molar-refractivity contribution in [2.75, 3.05) is 13.1 Å². The molecule has 0 bridgehead atoms. The van der Waals surface area contributed by atoms with E-state index in [9.17, 15) is 9.90 Å². The number of aliphatic carboxylic acids is 1. The molecule has 1 fully saturated rings. The average Bonchev–Trinajstić information content (AvgIpc) is 1.99. The molecule has 0 amide bonds. The topological polar surface area (TPSA) is 40.5 Å². The van der Waals surface area contributed by atoms with Crippen molar-refractivity contribution in [3.63, 3.8) is 0 Å². The van der Waals surface area contributed by atoms with Crippen molar-refractivity contribution in [1.29, 1.82) is 0 Å². The van der Waals surface area contributed by atoms with Crippen LogP contribution in [-0.4, -0.2) is 45.6 Å². The third-order valence-electron chi connectivity index (χ3n) is 2.73. The van der Waals surface area contributed by atoms with Crippen LogP contribution in [0, 0.1) is 5.92 Å². The lowest BCUT2D eigenvalue weighted by Gasteiger charge is -2.39. The first-order chi connectivity index (χ1) is 6.91. The standard InChI is InChI=1S/C11H21NO2S/c1-7(2)10(11(13)14)12-5-8(3)15-9(4)6-12/h7-10H,5-6H2,1-4H3,(H,13,14). The fourth-order valence-electron chi connectivity index (χ4n) is 2.31. The molecule has 1 saturated heterocycles. The van der Waals surface area contributed by atoms with Crippen molar-refractivity contribution in [1.82, 2.24) is 4.90 Å². The van der Waals surface area contributed by atoms with Crippen LogP contribution in [0.1, 0.15) is 27.7 Å². The van der Waals surface area contributed by atoms with E-state index < -0.39 is 5.97 Å². The van der Waals surface area contributed by atoms with Crippen molar-refractivity contribution in [2.24, 2.45) is 5.92 Å². The zero-order chi connectivity index (χ0) is 11.6. The molecule has 3 atom stereocenters. The fourth-order valence-corrected chi connectivity index (χ4v) is 3.66. The summed E-state index contributed by atoms with van der Waals surface area (Å²) in [6.07, 6.45) is 0. The molecular formula is C11H21NO2S. The number of hydrogen-bond donors (Lipinski definition) is 1. The number of carbonyl (C=O) groups is 1. The van der Waals surface area contributed by atoms with E-state index in [1.807, 2.05) is 25.6 Å². The van der Waals surface area contributed by atoms with Gasteiger partial charge in [-0.15, -0.1) is 0 Å². The lowest BCUT2D eigenvalue weighted by Crippen LogP contribution is -2.51. The zero-order valence-corrected chi connectivity index (χ0v) is 10.8. The molecule has 3 unspecified atom stereocenters. The average molecular weight is 231 g/mol. The van der Waals surface area contributed by atoms with Gasteiger partial charge in [-0.25, -0.2) is 0 Å². The van der Waals surface area contributed by atoms with Crippen LogP contribution in [-0.2, 0) is 4.79 Å². The monoisotopic (exact) mass is 231 g/mol. The molecule has 0 spiro atoms. The minimum absolute atomic E-state index is 0.171. The second kappa shape index (κ2) is 5.21. The summed E-state index contributed by atoms with van der Waals surface area (Å²) >= 11 is 1.95. The van der Waals surface area contributed by atoms with Gasteiger partial charge in [0.15, 0.2) is 0 Å². The molecule has 0 radical (unpaired) electrons. The highest BCUT2D eigenvalue weighted by atomic mass is 32.2. The van der Waals surface area contributed by atoms with Gasteiger partial charge in [-0.2, -0.15) is 11.8 Å². The van der Waals surface area contributed by atoms with Crippen LogP contribution in [0.2, 0.25) is 0 Å². The molecule has 1 aliphatic heterocycles. The molecule has 3 nitrogen and oxygen atoms in total. The molecule has 0 saturated carbocycles. The summed E-state index contributed by atoms with van der Waals surface area (Å²) in [6, 6.07) is -0.323. The summed E-state index contributed by atoms with van der Waals surface area (Å²) in [6.45, 7) is 10.1. The highest BCUT2D eigenvalue weighted by Gasteiger charge is 2.33. The lowest BCUT2D eigenvalue weighted by molar-refractivity contribution is -0.145. The van der Waals surface area contributed by atoms with Gasteiger partial charge in [0, 0.05) is 23.6 Å². The Hall–Kier alpha value is -0.220. The Bertz CT molecular complexity index is 223. The predicted molar refractivity (Wildman–Crippen MR) is 64.3 cm³/mol. The van der Waals surface area contributed by atoms with Crippen molar-refractivity contribution in [3.8, 4) is 0 Å². The minimum atomic E-state index is -0.684. The third kappa shape index (κ3) is 3.38. The van der Waals surface area contributed by atoms with Gasteiger partial charge in [0.1, 0.15) is 6.04 Å². The molecule has 15 heavy (non-hydrogen) atoms. The molecule has 0 aromatic carbocycles. The highest BCUT2D eigenvalue weighted by molar-refractivity contribution is 8.00. The molecule has 1 rings (SSSR count). The van der Waals surface area contributed by atoms with E-state index >= 15 is 0 Å². The minimum Gasteiger partial charge on any atom is -0.480 e. The summed E-state index contributed by atoms with van der Waals surface area (Å²) in [5.41, 5.74) is 0. The molecule has 0 aromatic rings.